The first-order valence-corrected chi connectivity index (χ1v) is 10.7. The molecule has 0 amide bonds. The maximum absolute atomic E-state index is 13.3. The molecule has 0 radical (unpaired) electrons. The van der Waals surface area contributed by atoms with Crippen LogP contribution in [0.3, 0.4) is 0 Å². The molecule has 3 aromatic carbocycles. The quantitative estimate of drug-likeness (QED) is 0.181. The van der Waals surface area contributed by atoms with Crippen LogP contribution in [0.25, 0.3) is 11.6 Å². The first-order chi connectivity index (χ1) is 13.5. The van der Waals surface area contributed by atoms with Gasteiger partial charge >= 0.3 is 0 Å². The number of nitrogens with zero attached hydrogens (tertiary/aromatic N) is 1. The van der Waals surface area contributed by atoms with Gasteiger partial charge in [-0.25, -0.2) is 4.39 Å². The van der Waals surface area contributed by atoms with Gasteiger partial charge in [0, 0.05) is 0 Å². The first-order valence-electron chi connectivity index (χ1n) is 8.51. The van der Waals surface area contributed by atoms with E-state index in [-0.39, 0.29) is 5.82 Å². The normalized spacial score (nSPS) is 11.2. The molecule has 0 atom stereocenters. The largest absolute Gasteiger partial charge is 0.487 e. The number of nitriles is 1. The Balaban J connectivity index is 1.84. The molecule has 0 saturated heterocycles. The van der Waals surface area contributed by atoms with Crippen molar-refractivity contribution < 1.29 is 9.13 Å². The lowest BCUT2D eigenvalue weighted by Gasteiger charge is -2.12. The number of aryl methyl sites for hydroxylation is 1. The van der Waals surface area contributed by atoms with Crippen LogP contribution in [0.5, 0.6) is 5.75 Å². The van der Waals surface area contributed by atoms with E-state index < -0.39 is 0 Å². The summed E-state index contributed by atoms with van der Waals surface area (Å²) < 4.78 is 21.1. The van der Waals surface area contributed by atoms with Crippen molar-refractivity contribution in [2.24, 2.45) is 0 Å². The van der Waals surface area contributed by atoms with Gasteiger partial charge in [0.25, 0.3) is 0 Å². The van der Waals surface area contributed by atoms with Gasteiger partial charge in [0.1, 0.15) is 18.2 Å². The smallest absolute Gasteiger partial charge is 0.146 e. The third-order valence-corrected chi connectivity index (χ3v) is 5.69. The fourth-order valence-electron chi connectivity index (χ4n) is 2.66. The summed E-state index contributed by atoms with van der Waals surface area (Å²) in [6.45, 7) is 2.32. The summed E-state index contributed by atoms with van der Waals surface area (Å²) in [6.07, 6.45) is 1.88. The van der Waals surface area contributed by atoms with Crippen LogP contribution in [-0.2, 0) is 6.61 Å². The van der Waals surface area contributed by atoms with E-state index in [9.17, 15) is 9.65 Å². The van der Waals surface area contributed by atoms with Gasteiger partial charge in [0.15, 0.2) is 0 Å². The van der Waals surface area contributed by atoms with Crippen molar-refractivity contribution in [1.82, 2.24) is 0 Å². The van der Waals surface area contributed by atoms with Gasteiger partial charge in [-0.1, -0.05) is 42.0 Å². The van der Waals surface area contributed by atoms with E-state index >= 15 is 0 Å². The van der Waals surface area contributed by atoms with E-state index in [0.29, 0.717) is 12.2 Å². The van der Waals surface area contributed by atoms with Crippen LogP contribution >= 0.6 is 45.2 Å². The number of rotatable bonds is 5. The van der Waals surface area contributed by atoms with Crippen molar-refractivity contribution in [3.05, 3.63) is 95.9 Å². The average Bonchev–Trinajstić information content (AvgIpc) is 2.66. The molecule has 0 aliphatic carbocycles. The van der Waals surface area contributed by atoms with Gasteiger partial charge in [-0.2, -0.15) is 5.26 Å². The third-order valence-electron chi connectivity index (χ3n) is 4.09. The van der Waals surface area contributed by atoms with E-state index in [0.717, 1.165) is 35.1 Å². The number of hydrogen-bond donors (Lipinski definition) is 0. The molecule has 3 rings (SSSR count). The van der Waals surface area contributed by atoms with Crippen LogP contribution in [0.4, 0.5) is 4.39 Å². The topological polar surface area (TPSA) is 33.0 Å². The molecule has 5 heteroatoms. The number of allylic oxidation sites excluding steroid dienone is 1. The Hall–Kier alpha value is -1.92. The molecular formula is C23H16FI2NO. The molecule has 0 bridgehead atoms. The van der Waals surface area contributed by atoms with Gasteiger partial charge in [0.05, 0.1) is 18.8 Å². The molecule has 0 N–H and O–H groups in total. The van der Waals surface area contributed by atoms with Gasteiger partial charge in [-0.15, -0.1) is 0 Å². The number of hydrogen-bond acceptors (Lipinski definition) is 2. The highest BCUT2D eigenvalue weighted by atomic mass is 127. The minimum atomic E-state index is -0.272. The Labute approximate surface area is 191 Å². The second kappa shape index (κ2) is 9.52. The van der Waals surface area contributed by atoms with Crippen molar-refractivity contribution in [2.45, 2.75) is 13.5 Å². The lowest BCUT2D eigenvalue weighted by atomic mass is 10.0. The molecule has 28 heavy (non-hydrogen) atoms. The molecule has 0 saturated carbocycles. The van der Waals surface area contributed by atoms with Crippen LogP contribution in [0.15, 0.2) is 60.7 Å². The summed E-state index contributed by atoms with van der Waals surface area (Å²) >= 11 is 4.45. The standard InChI is InChI=1S/C23H16FI2NO/c1-15-5-7-18(8-6-15)19(13-27)9-17-11-21(25)23(22(26)12-17)28-14-16-3-2-4-20(24)10-16/h2-12H,14H2,1H3/b19-9-. The minimum Gasteiger partial charge on any atom is -0.487 e. The summed E-state index contributed by atoms with van der Waals surface area (Å²) in [6, 6.07) is 20.5. The summed E-state index contributed by atoms with van der Waals surface area (Å²) in [7, 11) is 0. The van der Waals surface area contributed by atoms with Gasteiger partial charge in [-0.05, 0) is 99.1 Å². The second-order valence-corrected chi connectivity index (χ2v) is 8.59. The average molecular weight is 595 g/mol. The van der Waals surface area contributed by atoms with Gasteiger partial charge < -0.3 is 4.74 Å². The lowest BCUT2D eigenvalue weighted by Crippen LogP contribution is -2.00. The SMILES string of the molecule is Cc1ccc(/C(C#N)=C\c2cc(I)c(OCc3cccc(F)c3)c(I)c2)cc1. The molecule has 0 aromatic heterocycles. The zero-order valence-corrected chi connectivity index (χ0v) is 19.4. The van der Waals surface area contributed by atoms with E-state index in [4.69, 9.17) is 4.74 Å². The predicted octanol–water partition coefficient (Wildman–Crippen LogP) is 6.99. The zero-order valence-electron chi connectivity index (χ0n) is 15.0. The summed E-state index contributed by atoms with van der Waals surface area (Å²) in [4.78, 5) is 0. The molecular weight excluding hydrogens is 579 g/mol. The summed E-state index contributed by atoms with van der Waals surface area (Å²) in [5.41, 5.74) is 4.38. The maximum Gasteiger partial charge on any atom is 0.146 e. The van der Waals surface area contributed by atoms with Crippen molar-refractivity contribution in [3.8, 4) is 11.8 Å². The number of benzene rings is 3. The number of ether oxygens (including phenoxy) is 1. The van der Waals surface area contributed by atoms with Crippen molar-refractivity contribution in [3.63, 3.8) is 0 Å². The van der Waals surface area contributed by atoms with Crippen molar-refractivity contribution >= 4 is 56.8 Å². The Kier molecular flexibility index (Phi) is 7.08. The highest BCUT2D eigenvalue weighted by Gasteiger charge is 2.10. The molecule has 0 unspecified atom stereocenters. The maximum atomic E-state index is 13.3. The molecule has 0 heterocycles. The van der Waals surface area contributed by atoms with Crippen LogP contribution < -0.4 is 4.74 Å². The fourth-order valence-corrected chi connectivity index (χ4v) is 4.79. The van der Waals surface area contributed by atoms with E-state index in [1.165, 1.54) is 12.1 Å². The summed E-state index contributed by atoms with van der Waals surface area (Å²) in [5.74, 6) is 0.488. The molecule has 140 valence electrons. The highest BCUT2D eigenvalue weighted by molar-refractivity contribution is 14.1. The van der Waals surface area contributed by atoms with E-state index in [2.05, 4.69) is 51.3 Å². The Morgan fingerprint density at radius 3 is 2.36 bits per heavy atom. The lowest BCUT2D eigenvalue weighted by molar-refractivity contribution is 0.301. The van der Waals surface area contributed by atoms with Crippen LogP contribution in [0, 0.1) is 31.2 Å². The Morgan fingerprint density at radius 2 is 1.75 bits per heavy atom. The van der Waals surface area contributed by atoms with E-state index in [1.807, 2.05) is 55.5 Å². The highest BCUT2D eigenvalue weighted by Crippen LogP contribution is 2.31. The number of halogens is 3. The second-order valence-electron chi connectivity index (χ2n) is 6.27. The zero-order chi connectivity index (χ0) is 20.1. The van der Waals surface area contributed by atoms with E-state index in [1.54, 1.807) is 6.07 Å². The first kappa shape index (κ1) is 20.8. The third kappa shape index (κ3) is 5.32. The fraction of sp³-hybridized carbons (Fsp3) is 0.0870. The Morgan fingerprint density at radius 1 is 1.07 bits per heavy atom. The van der Waals surface area contributed by atoms with Crippen molar-refractivity contribution in [1.29, 1.82) is 5.26 Å². The van der Waals surface area contributed by atoms with Gasteiger partial charge in [-0.3, -0.25) is 0 Å². The van der Waals surface area contributed by atoms with Crippen molar-refractivity contribution in [2.75, 3.05) is 0 Å². The summed E-state index contributed by atoms with van der Waals surface area (Å²) in [5, 5.41) is 9.56. The Bertz CT molecular complexity index is 1050. The molecule has 2 nitrogen and oxygen atoms in total. The molecule has 0 fully saturated rings. The molecule has 0 spiro atoms. The van der Waals surface area contributed by atoms with Gasteiger partial charge in [0.2, 0.25) is 0 Å². The minimum absolute atomic E-state index is 0.272. The molecule has 0 aliphatic heterocycles. The molecule has 0 aliphatic rings. The van der Waals surface area contributed by atoms with Crippen LogP contribution in [-0.4, -0.2) is 0 Å². The monoisotopic (exact) mass is 595 g/mol. The molecule has 3 aromatic rings. The van der Waals surface area contributed by atoms with Crippen LogP contribution in [0.2, 0.25) is 0 Å². The predicted molar refractivity (Wildman–Crippen MR) is 127 cm³/mol. The van der Waals surface area contributed by atoms with Crippen LogP contribution in [0.1, 0.15) is 22.3 Å².